The Morgan fingerprint density at radius 2 is 0.700 bits per heavy atom. The van der Waals surface area contributed by atoms with Crippen LogP contribution < -0.4 is 15.3 Å². The predicted molar refractivity (Wildman–Crippen MR) is 23.9 cm³/mol. The van der Waals surface area contributed by atoms with Crippen LogP contribution in [-0.4, -0.2) is 46.7 Å². The zero-order valence-corrected chi connectivity index (χ0v) is 9.25. The molecule has 7 heteroatoms. The molecule has 54 valence electrons. The van der Waals surface area contributed by atoms with Crippen molar-refractivity contribution in [2.24, 2.45) is 0 Å². The van der Waals surface area contributed by atoms with Crippen molar-refractivity contribution in [1.82, 2.24) is 0 Å². The first kappa shape index (κ1) is 22.8. The van der Waals surface area contributed by atoms with Gasteiger partial charge in [-0.1, -0.05) is 0 Å². The molecular weight excluding hydrogens is 336 g/mol. The van der Waals surface area contributed by atoms with Crippen molar-refractivity contribution >= 4 is 46.7 Å². The minimum Gasteiger partial charge on any atom is -0.554 e. The second kappa shape index (κ2) is 82.4. The van der Waals surface area contributed by atoms with E-state index in [4.69, 9.17) is 29.7 Å². The maximum Gasteiger partial charge on any atom is 3.00 e. The Labute approximate surface area is 76.6 Å². The molecule has 0 aromatic rings. The first-order valence-corrected chi connectivity index (χ1v) is 1.41. The van der Waals surface area contributed by atoms with Gasteiger partial charge in [-0.05, 0) is 0 Å². The van der Waals surface area contributed by atoms with Gasteiger partial charge in [-0.3, -0.25) is 0 Å². The molecule has 0 atom stereocenters. The molecule has 0 unspecified atom stereocenters. The fourth-order valence-electron chi connectivity index (χ4n) is 0. The third-order valence-corrected chi connectivity index (χ3v) is 0. The van der Waals surface area contributed by atoms with Gasteiger partial charge in [0.2, 0.25) is 0 Å². The van der Waals surface area contributed by atoms with Crippen molar-refractivity contribution in [2.45, 2.75) is 0 Å². The van der Waals surface area contributed by atoms with E-state index in [0.717, 1.165) is 0 Å². The van der Waals surface area contributed by atoms with Crippen LogP contribution in [0.2, 0.25) is 0 Å². The summed E-state index contributed by atoms with van der Waals surface area (Å²) in [5.41, 5.74) is 0. The standard InChI is InChI=1S/3CH2O2.Tl/c3*2-1-3;/h3*1H,(H,2,3);/q;;;+3/p-3. The van der Waals surface area contributed by atoms with Crippen LogP contribution in [0.15, 0.2) is 0 Å². The summed E-state index contributed by atoms with van der Waals surface area (Å²) in [6.07, 6.45) is 0. The Morgan fingerprint density at radius 3 is 0.700 bits per heavy atom. The van der Waals surface area contributed by atoms with Crippen LogP contribution in [0, 0.1) is 0 Å². The molecule has 0 saturated carbocycles. The summed E-state index contributed by atoms with van der Waals surface area (Å²) in [6, 6.07) is 0. The molecule has 10 heavy (non-hydrogen) atoms. The second-order valence-corrected chi connectivity index (χ2v) is 0.289. The van der Waals surface area contributed by atoms with E-state index in [9.17, 15) is 0 Å². The molecular formula is C3H3O6Tl. The van der Waals surface area contributed by atoms with E-state index in [2.05, 4.69) is 0 Å². The van der Waals surface area contributed by atoms with Crippen LogP contribution in [0.4, 0.5) is 0 Å². The predicted octanol–water partition coefficient (Wildman–Crippen LogP) is -5.28. The van der Waals surface area contributed by atoms with Gasteiger partial charge in [0.05, 0.1) is 0 Å². The van der Waals surface area contributed by atoms with Crippen LogP contribution in [0.5, 0.6) is 0 Å². The van der Waals surface area contributed by atoms with Crippen LogP contribution in [0.3, 0.4) is 0 Å². The van der Waals surface area contributed by atoms with Crippen LogP contribution in [0.1, 0.15) is 0 Å². The second-order valence-electron chi connectivity index (χ2n) is 0.289. The maximum absolute atomic E-state index is 8.25. The molecule has 0 aromatic heterocycles. The number of rotatable bonds is 0. The molecule has 0 N–H and O–H groups in total. The zero-order valence-electron chi connectivity index (χ0n) is 4.76. The third kappa shape index (κ3) is 659. The molecule has 0 aliphatic carbocycles. The Balaban J connectivity index is -0.0000000257. The minimum absolute atomic E-state index is 0. The van der Waals surface area contributed by atoms with Gasteiger partial charge in [0, 0.05) is 19.4 Å². The summed E-state index contributed by atoms with van der Waals surface area (Å²) in [5.74, 6) is 0. The normalized spacial score (nSPS) is 3.60. The minimum atomic E-state index is -0.500. The van der Waals surface area contributed by atoms with E-state index in [1.54, 1.807) is 0 Å². The quantitative estimate of drug-likeness (QED) is 0.321. The summed E-state index contributed by atoms with van der Waals surface area (Å²) >= 11 is 0. The molecule has 0 aliphatic heterocycles. The summed E-state index contributed by atoms with van der Waals surface area (Å²) in [6.45, 7) is -1.50. The Kier molecular flexibility index (Phi) is 188. The summed E-state index contributed by atoms with van der Waals surface area (Å²) in [5, 5.41) is 24.8. The van der Waals surface area contributed by atoms with E-state index < -0.39 is 19.4 Å². The Hall–Kier alpha value is -0.668. The topological polar surface area (TPSA) is 120 Å². The molecule has 0 spiro atoms. The van der Waals surface area contributed by atoms with Crippen LogP contribution >= 0.6 is 0 Å². The molecule has 0 radical (unpaired) electrons. The maximum atomic E-state index is 8.25. The molecule has 0 heterocycles. The molecule has 0 amide bonds. The molecule has 0 aromatic carbocycles. The van der Waals surface area contributed by atoms with Crippen molar-refractivity contribution in [3.63, 3.8) is 0 Å². The van der Waals surface area contributed by atoms with E-state index in [1.807, 2.05) is 0 Å². The Morgan fingerprint density at radius 1 is 0.700 bits per heavy atom. The van der Waals surface area contributed by atoms with Gasteiger partial charge in [-0.25, -0.2) is 0 Å². The van der Waals surface area contributed by atoms with Gasteiger partial charge < -0.3 is 29.7 Å². The number of carbonyl (C=O) groups is 3. The summed E-state index contributed by atoms with van der Waals surface area (Å²) in [7, 11) is 0. The van der Waals surface area contributed by atoms with Gasteiger partial charge in [0.25, 0.3) is 0 Å². The van der Waals surface area contributed by atoms with Gasteiger partial charge in [-0.15, -0.1) is 0 Å². The van der Waals surface area contributed by atoms with Crippen molar-refractivity contribution in [2.75, 3.05) is 0 Å². The first-order chi connectivity index (χ1) is 4.24. The molecule has 0 saturated heterocycles. The molecule has 6 nitrogen and oxygen atoms in total. The van der Waals surface area contributed by atoms with E-state index in [1.165, 1.54) is 0 Å². The summed E-state index contributed by atoms with van der Waals surface area (Å²) < 4.78 is 0. The van der Waals surface area contributed by atoms with Gasteiger partial charge in [0.1, 0.15) is 0 Å². The van der Waals surface area contributed by atoms with Crippen LogP contribution in [0.25, 0.3) is 0 Å². The first-order valence-electron chi connectivity index (χ1n) is 1.41. The largest absolute Gasteiger partial charge is 3.00 e. The van der Waals surface area contributed by atoms with Crippen molar-refractivity contribution in [3.8, 4) is 0 Å². The molecule has 0 aliphatic rings. The number of hydrogen-bond donors (Lipinski definition) is 0. The smallest absolute Gasteiger partial charge is 0.554 e. The number of hydrogen-bond acceptors (Lipinski definition) is 6. The van der Waals surface area contributed by atoms with E-state index >= 15 is 0 Å². The summed E-state index contributed by atoms with van der Waals surface area (Å²) in [4.78, 5) is 24.8. The molecule has 0 bridgehead atoms. The number of carboxylic acid groups (broad SMARTS) is 3. The van der Waals surface area contributed by atoms with Crippen LogP contribution in [-0.2, 0) is 14.4 Å². The van der Waals surface area contributed by atoms with Gasteiger partial charge >= 0.3 is 27.3 Å². The average molecular weight is 339 g/mol. The third-order valence-electron chi connectivity index (χ3n) is 0. The van der Waals surface area contributed by atoms with Crippen molar-refractivity contribution in [1.29, 1.82) is 0 Å². The Bertz CT molecular complexity index is 49.7. The van der Waals surface area contributed by atoms with Gasteiger partial charge in [-0.2, -0.15) is 0 Å². The fraction of sp³-hybridized carbons (Fsp3) is 0. The van der Waals surface area contributed by atoms with Gasteiger partial charge in [0.15, 0.2) is 0 Å². The van der Waals surface area contributed by atoms with E-state index in [-0.39, 0.29) is 27.3 Å². The SMILES string of the molecule is O=C[O-].O=C[O-].O=C[O-].[Tl+3]. The van der Waals surface area contributed by atoms with Crippen molar-refractivity contribution in [3.05, 3.63) is 0 Å². The fourth-order valence-corrected chi connectivity index (χ4v) is 0. The monoisotopic (exact) mass is 340 g/mol. The van der Waals surface area contributed by atoms with Crippen molar-refractivity contribution < 1.29 is 29.7 Å². The molecule has 0 fully saturated rings. The molecule has 0 rings (SSSR count). The van der Waals surface area contributed by atoms with E-state index in [0.29, 0.717) is 0 Å². The number of carbonyl (C=O) groups excluding carboxylic acids is 3. The average Bonchev–Trinajstić information content (AvgIpc) is 1.70. The zero-order chi connectivity index (χ0) is 8.12.